The summed E-state index contributed by atoms with van der Waals surface area (Å²) >= 11 is 0. The molecule has 2 rings (SSSR count). The quantitative estimate of drug-likeness (QED) is 0.723. The highest BCUT2D eigenvalue weighted by atomic mass is 32.2. The molecular formula is C17H27N3O5S. The van der Waals surface area contributed by atoms with E-state index >= 15 is 0 Å². The standard InChI is InChI=1S/C17H27N3O5S/c1-6-26(22,23)19(3)14-12-16(25-5)15(24-4)11-13(14)17(21)20-9-7-18(2)8-10-20/h11-12H,6-10H2,1-5H3. The maximum atomic E-state index is 13.1. The Morgan fingerprint density at radius 3 is 2.15 bits per heavy atom. The molecule has 1 aliphatic heterocycles. The van der Waals surface area contributed by atoms with Crippen LogP contribution in [0.1, 0.15) is 17.3 Å². The highest BCUT2D eigenvalue weighted by Crippen LogP contribution is 2.36. The third kappa shape index (κ3) is 4.04. The zero-order valence-corrected chi connectivity index (χ0v) is 16.8. The van der Waals surface area contributed by atoms with Crippen LogP contribution in [0.3, 0.4) is 0 Å². The lowest BCUT2D eigenvalue weighted by Crippen LogP contribution is -2.47. The van der Waals surface area contributed by atoms with Crippen LogP contribution in [0.25, 0.3) is 0 Å². The van der Waals surface area contributed by atoms with Crippen LogP contribution < -0.4 is 13.8 Å². The van der Waals surface area contributed by atoms with Gasteiger partial charge in [-0.1, -0.05) is 0 Å². The second-order valence-electron chi connectivity index (χ2n) is 6.19. The topological polar surface area (TPSA) is 79.4 Å². The molecule has 1 aromatic carbocycles. The fraction of sp³-hybridized carbons (Fsp3) is 0.588. The number of methoxy groups -OCH3 is 2. The minimum absolute atomic E-state index is 0.0695. The number of anilines is 1. The minimum atomic E-state index is -3.53. The monoisotopic (exact) mass is 385 g/mol. The number of piperazine rings is 1. The SMILES string of the molecule is CCS(=O)(=O)N(C)c1cc(OC)c(OC)cc1C(=O)N1CCN(C)CC1. The number of hydrogen-bond acceptors (Lipinski definition) is 6. The van der Waals surface area contributed by atoms with Crippen molar-refractivity contribution < 1.29 is 22.7 Å². The van der Waals surface area contributed by atoms with Crippen LogP contribution in [-0.2, 0) is 10.0 Å². The molecule has 0 aliphatic carbocycles. The van der Waals surface area contributed by atoms with Crippen molar-refractivity contribution in [2.45, 2.75) is 6.92 Å². The first-order valence-electron chi connectivity index (χ1n) is 8.45. The van der Waals surface area contributed by atoms with Crippen LogP contribution in [-0.4, -0.2) is 84.4 Å². The summed E-state index contributed by atoms with van der Waals surface area (Å²) in [7, 11) is 2.87. The minimum Gasteiger partial charge on any atom is -0.493 e. The van der Waals surface area contributed by atoms with Gasteiger partial charge in [-0.3, -0.25) is 9.10 Å². The third-order valence-corrected chi connectivity index (χ3v) is 6.40. The van der Waals surface area contributed by atoms with Gasteiger partial charge < -0.3 is 19.3 Å². The van der Waals surface area contributed by atoms with Crippen molar-refractivity contribution in [3.05, 3.63) is 17.7 Å². The van der Waals surface area contributed by atoms with Crippen molar-refractivity contribution >= 4 is 21.6 Å². The molecule has 0 saturated carbocycles. The van der Waals surface area contributed by atoms with Gasteiger partial charge >= 0.3 is 0 Å². The van der Waals surface area contributed by atoms with Crippen molar-refractivity contribution in [2.24, 2.45) is 0 Å². The van der Waals surface area contributed by atoms with Crippen molar-refractivity contribution in [3.63, 3.8) is 0 Å². The molecule has 0 radical (unpaired) electrons. The number of amides is 1. The van der Waals surface area contributed by atoms with Crippen LogP contribution in [0.15, 0.2) is 12.1 Å². The fourth-order valence-corrected chi connectivity index (χ4v) is 3.66. The molecule has 0 spiro atoms. The molecule has 1 amide bonds. The van der Waals surface area contributed by atoms with E-state index in [9.17, 15) is 13.2 Å². The zero-order valence-electron chi connectivity index (χ0n) is 16.0. The van der Waals surface area contributed by atoms with Gasteiger partial charge in [-0.15, -0.1) is 0 Å². The molecule has 0 N–H and O–H groups in total. The van der Waals surface area contributed by atoms with Crippen molar-refractivity contribution in [1.29, 1.82) is 0 Å². The van der Waals surface area contributed by atoms with E-state index in [1.54, 1.807) is 17.9 Å². The number of hydrogen-bond donors (Lipinski definition) is 0. The normalized spacial score (nSPS) is 15.7. The van der Waals surface area contributed by atoms with Gasteiger partial charge in [-0.25, -0.2) is 8.42 Å². The molecule has 1 aliphatic rings. The summed E-state index contributed by atoms with van der Waals surface area (Å²) < 4.78 is 36.5. The van der Waals surface area contributed by atoms with E-state index < -0.39 is 10.0 Å². The Kier molecular flexibility index (Phi) is 6.35. The molecular weight excluding hydrogens is 358 g/mol. The Balaban J connectivity index is 2.53. The van der Waals surface area contributed by atoms with Gasteiger partial charge in [0.25, 0.3) is 5.91 Å². The van der Waals surface area contributed by atoms with E-state index in [0.29, 0.717) is 24.6 Å². The van der Waals surface area contributed by atoms with Gasteiger partial charge in [0.2, 0.25) is 10.0 Å². The lowest BCUT2D eigenvalue weighted by Gasteiger charge is -2.33. The van der Waals surface area contributed by atoms with E-state index in [2.05, 4.69) is 4.90 Å². The lowest BCUT2D eigenvalue weighted by molar-refractivity contribution is 0.0664. The van der Waals surface area contributed by atoms with Gasteiger partial charge in [0.05, 0.1) is 31.2 Å². The number of carbonyl (C=O) groups excluding carboxylic acids is 1. The Morgan fingerprint density at radius 1 is 1.12 bits per heavy atom. The van der Waals surface area contributed by atoms with E-state index in [-0.39, 0.29) is 22.9 Å². The van der Waals surface area contributed by atoms with E-state index in [1.807, 2.05) is 7.05 Å². The summed E-state index contributed by atoms with van der Waals surface area (Å²) in [5.41, 5.74) is 0.570. The van der Waals surface area contributed by atoms with Crippen LogP contribution >= 0.6 is 0 Å². The summed E-state index contributed by atoms with van der Waals surface area (Å²) in [5.74, 6) is 0.471. The van der Waals surface area contributed by atoms with Crippen LogP contribution in [0, 0.1) is 0 Å². The Morgan fingerprint density at radius 2 is 1.65 bits per heavy atom. The van der Waals surface area contributed by atoms with E-state index in [4.69, 9.17) is 9.47 Å². The molecule has 1 aromatic rings. The zero-order chi connectivity index (χ0) is 19.5. The highest BCUT2D eigenvalue weighted by molar-refractivity contribution is 7.92. The predicted octanol–water partition coefficient (Wildman–Crippen LogP) is 0.877. The summed E-state index contributed by atoms with van der Waals surface area (Å²) in [5, 5.41) is 0. The molecule has 9 heteroatoms. The molecule has 1 fully saturated rings. The number of carbonyl (C=O) groups is 1. The summed E-state index contributed by atoms with van der Waals surface area (Å²) in [6.07, 6.45) is 0. The fourth-order valence-electron chi connectivity index (χ4n) is 2.82. The van der Waals surface area contributed by atoms with Crippen LogP contribution in [0.4, 0.5) is 5.69 Å². The number of rotatable bonds is 6. The lowest BCUT2D eigenvalue weighted by atomic mass is 10.1. The van der Waals surface area contributed by atoms with Crippen LogP contribution in [0.2, 0.25) is 0 Å². The first kappa shape index (κ1) is 20.3. The molecule has 146 valence electrons. The molecule has 1 saturated heterocycles. The van der Waals surface area contributed by atoms with Gasteiger partial charge in [0.1, 0.15) is 0 Å². The molecule has 26 heavy (non-hydrogen) atoms. The number of ether oxygens (including phenoxy) is 2. The average molecular weight is 385 g/mol. The average Bonchev–Trinajstić information content (AvgIpc) is 2.66. The molecule has 0 atom stereocenters. The first-order valence-corrected chi connectivity index (χ1v) is 10.1. The number of nitrogens with zero attached hydrogens (tertiary/aromatic N) is 3. The molecule has 0 unspecified atom stereocenters. The maximum absolute atomic E-state index is 13.1. The second kappa shape index (κ2) is 8.13. The Hall–Kier alpha value is -2.00. The van der Waals surface area contributed by atoms with E-state index in [0.717, 1.165) is 17.4 Å². The molecule has 1 heterocycles. The van der Waals surface area contributed by atoms with E-state index in [1.165, 1.54) is 27.3 Å². The van der Waals surface area contributed by atoms with Gasteiger partial charge in [0.15, 0.2) is 11.5 Å². The largest absolute Gasteiger partial charge is 0.493 e. The van der Waals surface area contributed by atoms with Gasteiger partial charge in [-0.05, 0) is 20.0 Å². The first-order chi connectivity index (χ1) is 12.2. The Bertz CT molecular complexity index is 758. The third-order valence-electron chi connectivity index (χ3n) is 4.64. The molecule has 0 bridgehead atoms. The van der Waals surface area contributed by atoms with Gasteiger partial charge in [-0.2, -0.15) is 0 Å². The summed E-state index contributed by atoms with van der Waals surface area (Å²) in [6, 6.07) is 3.09. The Labute approximate surface area is 155 Å². The maximum Gasteiger partial charge on any atom is 0.256 e. The smallest absolute Gasteiger partial charge is 0.256 e. The molecule has 0 aromatic heterocycles. The van der Waals surface area contributed by atoms with Crippen molar-refractivity contribution in [1.82, 2.24) is 9.80 Å². The molecule has 8 nitrogen and oxygen atoms in total. The second-order valence-corrected chi connectivity index (χ2v) is 8.48. The summed E-state index contributed by atoms with van der Waals surface area (Å²) in [6.45, 7) is 4.30. The van der Waals surface area contributed by atoms with Crippen molar-refractivity contribution in [2.75, 3.05) is 64.6 Å². The number of likely N-dealkylation sites (N-methyl/N-ethyl adjacent to an activating group) is 1. The number of sulfonamides is 1. The van der Waals surface area contributed by atoms with Crippen LogP contribution in [0.5, 0.6) is 11.5 Å². The highest BCUT2D eigenvalue weighted by Gasteiger charge is 2.28. The summed E-state index contributed by atoms with van der Waals surface area (Å²) in [4.78, 5) is 17.0. The number of benzene rings is 1. The predicted molar refractivity (Wildman–Crippen MR) is 101 cm³/mol. The van der Waals surface area contributed by atoms with Crippen molar-refractivity contribution in [3.8, 4) is 11.5 Å². The van der Waals surface area contributed by atoms with Gasteiger partial charge in [0, 0.05) is 39.3 Å².